The van der Waals surface area contributed by atoms with E-state index < -0.39 is 0 Å². The Labute approximate surface area is 114 Å². The molecule has 0 N–H and O–H groups in total. The number of fused-ring (bicyclic) bond motifs is 3. The molecule has 0 radical (unpaired) electrons. The van der Waals surface area contributed by atoms with Gasteiger partial charge in [0.25, 0.3) is 0 Å². The minimum atomic E-state index is 0.456. The van der Waals surface area contributed by atoms with Crippen molar-refractivity contribution in [2.45, 2.75) is 0 Å². The highest BCUT2D eigenvalue weighted by Gasteiger charge is 2.11. The summed E-state index contributed by atoms with van der Waals surface area (Å²) in [7, 11) is 0. The molecule has 0 aliphatic heterocycles. The minimum Gasteiger partial charge on any atom is -0.492 e. The summed E-state index contributed by atoms with van der Waals surface area (Å²) in [5.74, 6) is 1.24. The van der Waals surface area contributed by atoms with E-state index in [0.717, 1.165) is 27.7 Å². The first kappa shape index (κ1) is 11.7. The molecule has 0 atom stereocenters. The van der Waals surface area contributed by atoms with E-state index in [4.69, 9.17) is 32.4 Å². The number of benzene rings is 2. The van der Waals surface area contributed by atoms with Gasteiger partial charge in [-0.25, -0.2) is 0 Å². The van der Waals surface area contributed by atoms with Gasteiger partial charge >= 0.3 is 0 Å². The summed E-state index contributed by atoms with van der Waals surface area (Å²) in [4.78, 5) is 0. The smallest absolute Gasteiger partial charge is 0.139 e. The van der Waals surface area contributed by atoms with Crippen LogP contribution in [0.3, 0.4) is 0 Å². The van der Waals surface area contributed by atoms with Gasteiger partial charge in [-0.15, -0.1) is 11.6 Å². The standard InChI is InChI=1S/C14H10Cl2O2/c15-6-7-17-11-2-1-3-12-14(11)10-5-4-9(16)8-13(10)18-12/h1-5,8H,6-7H2. The Morgan fingerprint density at radius 3 is 2.83 bits per heavy atom. The van der Waals surface area contributed by atoms with Crippen molar-refractivity contribution in [3.05, 3.63) is 41.4 Å². The van der Waals surface area contributed by atoms with Crippen LogP contribution in [0.25, 0.3) is 21.9 Å². The first-order valence-corrected chi connectivity index (χ1v) is 6.50. The van der Waals surface area contributed by atoms with Crippen LogP contribution in [0.2, 0.25) is 5.02 Å². The first-order chi connectivity index (χ1) is 8.79. The van der Waals surface area contributed by atoms with Crippen LogP contribution in [0.1, 0.15) is 0 Å². The second-order valence-corrected chi connectivity index (χ2v) is 4.72. The summed E-state index contributed by atoms with van der Waals surface area (Å²) in [5.41, 5.74) is 1.55. The fourth-order valence-electron chi connectivity index (χ4n) is 2.04. The first-order valence-electron chi connectivity index (χ1n) is 5.59. The molecule has 0 amide bonds. The van der Waals surface area contributed by atoms with Crippen molar-refractivity contribution >= 4 is 45.1 Å². The van der Waals surface area contributed by atoms with Crippen molar-refractivity contribution in [1.82, 2.24) is 0 Å². The zero-order valence-corrected chi connectivity index (χ0v) is 11.0. The third-order valence-corrected chi connectivity index (χ3v) is 3.15. The van der Waals surface area contributed by atoms with Crippen molar-refractivity contribution in [2.75, 3.05) is 12.5 Å². The average Bonchev–Trinajstić information content (AvgIpc) is 2.73. The molecule has 4 heteroatoms. The van der Waals surface area contributed by atoms with E-state index in [-0.39, 0.29) is 0 Å². The van der Waals surface area contributed by atoms with E-state index in [1.807, 2.05) is 36.4 Å². The Hall–Kier alpha value is -1.38. The molecule has 0 unspecified atom stereocenters. The molecule has 3 aromatic rings. The van der Waals surface area contributed by atoms with E-state index in [9.17, 15) is 0 Å². The molecule has 18 heavy (non-hydrogen) atoms. The molecule has 0 saturated carbocycles. The molecule has 0 fully saturated rings. The maximum atomic E-state index is 5.96. The van der Waals surface area contributed by atoms with E-state index in [0.29, 0.717) is 17.5 Å². The molecule has 3 rings (SSSR count). The Kier molecular flexibility index (Phi) is 3.06. The molecule has 0 spiro atoms. The number of ether oxygens (including phenoxy) is 1. The number of halogens is 2. The van der Waals surface area contributed by atoms with Crippen LogP contribution in [0, 0.1) is 0 Å². The summed E-state index contributed by atoms with van der Waals surface area (Å²) >= 11 is 11.6. The van der Waals surface area contributed by atoms with Crippen LogP contribution in [0.15, 0.2) is 40.8 Å². The number of rotatable bonds is 3. The van der Waals surface area contributed by atoms with Crippen molar-refractivity contribution in [1.29, 1.82) is 0 Å². The Morgan fingerprint density at radius 2 is 2.00 bits per heavy atom. The molecular weight excluding hydrogens is 271 g/mol. The molecular formula is C14H10Cl2O2. The number of alkyl halides is 1. The maximum Gasteiger partial charge on any atom is 0.139 e. The highest BCUT2D eigenvalue weighted by Crippen LogP contribution is 2.36. The van der Waals surface area contributed by atoms with Crippen molar-refractivity contribution in [3.63, 3.8) is 0 Å². The van der Waals surface area contributed by atoms with Gasteiger partial charge in [0.2, 0.25) is 0 Å². The second kappa shape index (κ2) is 4.71. The molecule has 92 valence electrons. The van der Waals surface area contributed by atoms with Gasteiger partial charge in [-0.3, -0.25) is 0 Å². The highest BCUT2D eigenvalue weighted by atomic mass is 35.5. The molecule has 0 aliphatic carbocycles. The van der Waals surface area contributed by atoms with Gasteiger partial charge < -0.3 is 9.15 Å². The Bertz CT molecular complexity index is 703. The number of hydrogen-bond donors (Lipinski definition) is 0. The van der Waals surface area contributed by atoms with Gasteiger partial charge in [0, 0.05) is 16.5 Å². The average molecular weight is 281 g/mol. The lowest BCUT2D eigenvalue weighted by atomic mass is 10.1. The summed E-state index contributed by atoms with van der Waals surface area (Å²) < 4.78 is 11.4. The minimum absolute atomic E-state index is 0.456. The zero-order chi connectivity index (χ0) is 12.5. The quantitative estimate of drug-likeness (QED) is 0.640. The fraction of sp³-hybridized carbons (Fsp3) is 0.143. The van der Waals surface area contributed by atoms with Crippen LogP contribution < -0.4 is 4.74 Å². The second-order valence-electron chi connectivity index (χ2n) is 3.91. The van der Waals surface area contributed by atoms with Crippen molar-refractivity contribution in [2.24, 2.45) is 0 Å². The summed E-state index contributed by atoms with van der Waals surface area (Å²) in [5, 5.41) is 2.62. The lowest BCUT2D eigenvalue weighted by Crippen LogP contribution is -1.97. The summed E-state index contributed by atoms with van der Waals surface area (Å²) in [6, 6.07) is 11.3. The third-order valence-electron chi connectivity index (χ3n) is 2.76. The van der Waals surface area contributed by atoms with Crippen molar-refractivity contribution in [3.8, 4) is 5.75 Å². The molecule has 1 aromatic heterocycles. The van der Waals surface area contributed by atoms with Crippen LogP contribution in [0.4, 0.5) is 0 Å². The largest absolute Gasteiger partial charge is 0.492 e. The van der Waals surface area contributed by atoms with Gasteiger partial charge in [0.05, 0.1) is 11.3 Å². The topological polar surface area (TPSA) is 22.4 Å². The van der Waals surface area contributed by atoms with Crippen LogP contribution >= 0.6 is 23.2 Å². The Morgan fingerprint density at radius 1 is 1.11 bits per heavy atom. The predicted molar refractivity (Wildman–Crippen MR) is 74.9 cm³/mol. The number of hydrogen-bond acceptors (Lipinski definition) is 2. The monoisotopic (exact) mass is 280 g/mol. The van der Waals surface area contributed by atoms with Gasteiger partial charge in [0.1, 0.15) is 23.5 Å². The highest BCUT2D eigenvalue weighted by molar-refractivity contribution is 6.31. The predicted octanol–water partition coefficient (Wildman–Crippen LogP) is 4.86. The maximum absolute atomic E-state index is 5.96. The summed E-state index contributed by atoms with van der Waals surface area (Å²) in [6.45, 7) is 0.473. The van der Waals surface area contributed by atoms with Gasteiger partial charge in [-0.2, -0.15) is 0 Å². The Balaban J connectivity index is 2.27. The van der Waals surface area contributed by atoms with E-state index >= 15 is 0 Å². The molecule has 0 saturated heterocycles. The van der Waals surface area contributed by atoms with E-state index in [2.05, 4.69) is 0 Å². The normalized spacial score (nSPS) is 11.2. The molecule has 1 heterocycles. The third kappa shape index (κ3) is 1.92. The molecule has 2 nitrogen and oxygen atoms in total. The SMILES string of the molecule is ClCCOc1cccc2oc3cc(Cl)ccc3c12. The van der Waals surface area contributed by atoms with Gasteiger partial charge in [0.15, 0.2) is 0 Å². The number of furan rings is 1. The molecule has 2 aromatic carbocycles. The van der Waals surface area contributed by atoms with Crippen LogP contribution in [0.5, 0.6) is 5.75 Å². The van der Waals surface area contributed by atoms with E-state index in [1.165, 1.54) is 0 Å². The lowest BCUT2D eigenvalue weighted by molar-refractivity contribution is 0.347. The van der Waals surface area contributed by atoms with E-state index in [1.54, 1.807) is 0 Å². The zero-order valence-electron chi connectivity index (χ0n) is 9.45. The molecule has 0 aliphatic rings. The fourth-order valence-corrected chi connectivity index (χ4v) is 2.28. The van der Waals surface area contributed by atoms with Crippen LogP contribution in [-0.4, -0.2) is 12.5 Å². The van der Waals surface area contributed by atoms with Crippen LogP contribution in [-0.2, 0) is 0 Å². The molecule has 0 bridgehead atoms. The van der Waals surface area contributed by atoms with Gasteiger partial charge in [-0.1, -0.05) is 17.7 Å². The lowest BCUT2D eigenvalue weighted by Gasteiger charge is -2.04. The van der Waals surface area contributed by atoms with Gasteiger partial charge in [-0.05, 0) is 24.3 Å². The summed E-state index contributed by atoms with van der Waals surface area (Å²) in [6.07, 6.45) is 0. The van der Waals surface area contributed by atoms with Crippen molar-refractivity contribution < 1.29 is 9.15 Å².